The summed E-state index contributed by atoms with van der Waals surface area (Å²) < 4.78 is 5.24. The van der Waals surface area contributed by atoms with Gasteiger partial charge < -0.3 is 15.0 Å². The smallest absolute Gasteiger partial charge is 0.225 e. The van der Waals surface area contributed by atoms with E-state index in [4.69, 9.17) is 9.72 Å². The zero-order chi connectivity index (χ0) is 22.5. The van der Waals surface area contributed by atoms with E-state index < -0.39 is 0 Å². The van der Waals surface area contributed by atoms with E-state index in [1.165, 1.54) is 0 Å². The molecule has 0 fully saturated rings. The molecule has 32 heavy (non-hydrogen) atoms. The van der Waals surface area contributed by atoms with Gasteiger partial charge in [-0.3, -0.25) is 9.89 Å². The molecule has 0 saturated heterocycles. The van der Waals surface area contributed by atoms with Crippen LogP contribution in [0.25, 0.3) is 22.3 Å². The third kappa shape index (κ3) is 4.80. The number of methoxy groups -OCH3 is 1. The number of nitrogens with zero attached hydrogens (tertiary/aromatic N) is 2. The first-order valence-electron chi connectivity index (χ1n) is 10.5. The van der Waals surface area contributed by atoms with Crippen molar-refractivity contribution >= 4 is 28.7 Å². The van der Waals surface area contributed by atoms with E-state index in [1.54, 1.807) is 18.9 Å². The fourth-order valence-electron chi connectivity index (χ4n) is 3.71. The van der Waals surface area contributed by atoms with E-state index in [1.807, 2.05) is 55.5 Å². The van der Waals surface area contributed by atoms with Crippen LogP contribution in [0.5, 0.6) is 5.75 Å². The number of imidazole rings is 1. The SMILES string of the molecule is COc1ccc(-c2n[nH]c(C)c2CC(=O)NC(CCSC)c2nc3ccccc3[nH]2)cc1. The minimum absolute atomic E-state index is 0.0594. The zero-order valence-corrected chi connectivity index (χ0v) is 19.3. The molecule has 166 valence electrons. The van der Waals surface area contributed by atoms with Crippen molar-refractivity contribution in [3.05, 3.63) is 65.6 Å². The number of hydrogen-bond donors (Lipinski definition) is 3. The number of aromatic nitrogens is 4. The number of rotatable bonds is 9. The maximum atomic E-state index is 13.1. The van der Waals surface area contributed by atoms with Crippen LogP contribution in [0.4, 0.5) is 0 Å². The summed E-state index contributed by atoms with van der Waals surface area (Å²) in [6, 6.07) is 15.4. The summed E-state index contributed by atoms with van der Waals surface area (Å²) in [6.07, 6.45) is 3.09. The molecule has 0 aliphatic rings. The van der Waals surface area contributed by atoms with Crippen molar-refractivity contribution in [2.45, 2.75) is 25.8 Å². The molecule has 0 bridgehead atoms. The van der Waals surface area contributed by atoms with Crippen LogP contribution in [-0.2, 0) is 11.2 Å². The average Bonchev–Trinajstić information content (AvgIpc) is 3.40. The Bertz CT molecular complexity index is 1170. The lowest BCUT2D eigenvalue weighted by Crippen LogP contribution is -2.31. The Balaban J connectivity index is 1.54. The summed E-state index contributed by atoms with van der Waals surface area (Å²) in [5.41, 5.74) is 5.37. The predicted octanol–water partition coefficient (Wildman–Crippen LogP) is 4.42. The number of amides is 1. The standard InChI is InChI=1S/C24H27N5O2S/c1-15-18(23(29-28-15)16-8-10-17(31-2)11-9-16)14-22(30)25-21(12-13-32-3)24-26-19-6-4-5-7-20(19)27-24/h4-11,21H,12-14H2,1-3H3,(H,25,30)(H,26,27)(H,28,29). The summed E-state index contributed by atoms with van der Waals surface area (Å²) in [5.74, 6) is 2.43. The van der Waals surface area contributed by atoms with Crippen LogP contribution in [0.1, 0.15) is 29.5 Å². The second-order valence-electron chi connectivity index (χ2n) is 7.62. The topological polar surface area (TPSA) is 95.7 Å². The summed E-state index contributed by atoms with van der Waals surface area (Å²) in [6.45, 7) is 1.94. The molecule has 1 atom stereocenters. The molecular formula is C24H27N5O2S. The number of para-hydroxylation sites is 2. The second-order valence-corrected chi connectivity index (χ2v) is 8.61. The normalized spacial score (nSPS) is 12.1. The van der Waals surface area contributed by atoms with Gasteiger partial charge in [0.05, 0.1) is 36.3 Å². The Labute approximate surface area is 191 Å². The lowest BCUT2D eigenvalue weighted by molar-refractivity contribution is -0.121. The molecule has 1 unspecified atom stereocenters. The number of hydrogen-bond acceptors (Lipinski definition) is 5. The Morgan fingerprint density at radius 1 is 1.19 bits per heavy atom. The molecule has 2 heterocycles. The fraction of sp³-hybridized carbons (Fsp3) is 0.292. The van der Waals surface area contributed by atoms with Gasteiger partial charge in [0.2, 0.25) is 5.91 Å². The number of nitrogens with one attached hydrogen (secondary N) is 3. The van der Waals surface area contributed by atoms with E-state index in [-0.39, 0.29) is 18.4 Å². The van der Waals surface area contributed by atoms with E-state index in [0.29, 0.717) is 0 Å². The van der Waals surface area contributed by atoms with Gasteiger partial charge in [-0.1, -0.05) is 12.1 Å². The third-order valence-corrected chi connectivity index (χ3v) is 6.10. The highest BCUT2D eigenvalue weighted by Gasteiger charge is 2.21. The van der Waals surface area contributed by atoms with Crippen LogP contribution in [0, 0.1) is 6.92 Å². The first kappa shape index (κ1) is 22.0. The first-order chi connectivity index (χ1) is 15.6. The average molecular weight is 450 g/mol. The number of aromatic amines is 2. The summed E-state index contributed by atoms with van der Waals surface area (Å²) in [4.78, 5) is 21.2. The molecule has 0 aliphatic carbocycles. The molecule has 0 aliphatic heterocycles. The summed E-state index contributed by atoms with van der Waals surface area (Å²) >= 11 is 1.75. The molecule has 7 nitrogen and oxygen atoms in total. The van der Waals surface area contributed by atoms with Crippen molar-refractivity contribution in [2.75, 3.05) is 19.1 Å². The van der Waals surface area contributed by atoms with Gasteiger partial charge >= 0.3 is 0 Å². The number of H-pyrrole nitrogens is 2. The van der Waals surface area contributed by atoms with Gasteiger partial charge in [0.1, 0.15) is 11.6 Å². The zero-order valence-electron chi connectivity index (χ0n) is 18.4. The molecule has 2 aromatic carbocycles. The van der Waals surface area contributed by atoms with E-state index in [0.717, 1.165) is 57.3 Å². The van der Waals surface area contributed by atoms with E-state index in [9.17, 15) is 4.79 Å². The first-order valence-corrected chi connectivity index (χ1v) is 11.9. The number of thioether (sulfide) groups is 1. The van der Waals surface area contributed by atoms with E-state index in [2.05, 4.69) is 26.8 Å². The summed E-state index contributed by atoms with van der Waals surface area (Å²) in [5, 5.41) is 10.7. The van der Waals surface area contributed by atoms with Gasteiger partial charge in [0.15, 0.2) is 0 Å². The third-order valence-electron chi connectivity index (χ3n) is 5.46. The minimum atomic E-state index is -0.181. The molecule has 4 rings (SSSR count). The van der Waals surface area contributed by atoms with Crippen molar-refractivity contribution in [2.24, 2.45) is 0 Å². The van der Waals surface area contributed by atoms with Crippen LogP contribution in [-0.4, -0.2) is 45.2 Å². The van der Waals surface area contributed by atoms with Crippen LogP contribution in [0.2, 0.25) is 0 Å². The molecule has 4 aromatic rings. The van der Waals surface area contributed by atoms with Crippen LogP contribution < -0.4 is 10.1 Å². The maximum Gasteiger partial charge on any atom is 0.225 e. The molecule has 0 spiro atoms. The lowest BCUT2D eigenvalue weighted by atomic mass is 10.0. The number of fused-ring (bicyclic) bond motifs is 1. The maximum absolute atomic E-state index is 13.1. The quantitative estimate of drug-likeness (QED) is 0.351. The summed E-state index contributed by atoms with van der Waals surface area (Å²) in [7, 11) is 1.64. The molecule has 8 heteroatoms. The number of benzene rings is 2. The Morgan fingerprint density at radius 3 is 2.69 bits per heavy atom. The molecule has 2 aromatic heterocycles. The number of carbonyl (C=O) groups excluding carboxylic acids is 1. The second kappa shape index (κ2) is 9.91. The van der Waals surface area contributed by atoms with Crippen molar-refractivity contribution in [3.63, 3.8) is 0 Å². The van der Waals surface area contributed by atoms with Crippen molar-refractivity contribution in [1.82, 2.24) is 25.5 Å². The highest BCUT2D eigenvalue weighted by Crippen LogP contribution is 2.27. The molecule has 0 radical (unpaired) electrons. The Kier molecular flexibility index (Phi) is 6.80. The van der Waals surface area contributed by atoms with Gasteiger partial charge in [0, 0.05) is 16.8 Å². The Hall–Kier alpha value is -3.26. The van der Waals surface area contributed by atoms with Gasteiger partial charge in [-0.25, -0.2) is 4.98 Å². The van der Waals surface area contributed by atoms with Gasteiger partial charge in [-0.05, 0) is 61.8 Å². The van der Waals surface area contributed by atoms with Gasteiger partial charge in [0.25, 0.3) is 0 Å². The lowest BCUT2D eigenvalue weighted by Gasteiger charge is -2.16. The van der Waals surface area contributed by atoms with Crippen molar-refractivity contribution in [1.29, 1.82) is 0 Å². The van der Waals surface area contributed by atoms with Crippen LogP contribution in [0.15, 0.2) is 48.5 Å². The monoisotopic (exact) mass is 449 g/mol. The largest absolute Gasteiger partial charge is 0.497 e. The molecule has 3 N–H and O–H groups in total. The van der Waals surface area contributed by atoms with Crippen molar-refractivity contribution < 1.29 is 9.53 Å². The number of aryl methyl sites for hydroxylation is 1. The predicted molar refractivity (Wildman–Crippen MR) is 129 cm³/mol. The van der Waals surface area contributed by atoms with Crippen LogP contribution in [0.3, 0.4) is 0 Å². The molecular weight excluding hydrogens is 422 g/mol. The van der Waals surface area contributed by atoms with Crippen molar-refractivity contribution in [3.8, 4) is 17.0 Å². The highest BCUT2D eigenvalue weighted by atomic mass is 32.2. The highest BCUT2D eigenvalue weighted by molar-refractivity contribution is 7.98. The number of ether oxygens (including phenoxy) is 1. The minimum Gasteiger partial charge on any atom is -0.497 e. The molecule has 1 amide bonds. The number of carbonyl (C=O) groups is 1. The van der Waals surface area contributed by atoms with Gasteiger partial charge in [-0.15, -0.1) is 0 Å². The Morgan fingerprint density at radius 2 is 1.97 bits per heavy atom. The fourth-order valence-corrected chi connectivity index (χ4v) is 4.18. The van der Waals surface area contributed by atoms with Crippen LogP contribution >= 0.6 is 11.8 Å². The molecule has 0 saturated carbocycles. The van der Waals surface area contributed by atoms with Gasteiger partial charge in [-0.2, -0.15) is 16.9 Å². The van der Waals surface area contributed by atoms with E-state index >= 15 is 0 Å².